The second kappa shape index (κ2) is 10.0. The van der Waals surface area contributed by atoms with Crippen molar-refractivity contribution in [3.8, 4) is 22.9 Å². The van der Waals surface area contributed by atoms with Crippen molar-refractivity contribution in [1.29, 1.82) is 0 Å². The zero-order valence-corrected chi connectivity index (χ0v) is 18.8. The summed E-state index contributed by atoms with van der Waals surface area (Å²) in [7, 11) is 0. The van der Waals surface area contributed by atoms with Gasteiger partial charge in [0, 0.05) is 10.6 Å². The van der Waals surface area contributed by atoms with Crippen LogP contribution in [0.25, 0.3) is 33.3 Å². The highest BCUT2D eigenvalue weighted by atomic mass is 32.2. The molecule has 166 valence electrons. The van der Waals surface area contributed by atoms with Crippen molar-refractivity contribution in [3.63, 3.8) is 0 Å². The van der Waals surface area contributed by atoms with E-state index in [0.29, 0.717) is 16.7 Å². The van der Waals surface area contributed by atoms with Crippen LogP contribution in [0, 0.1) is 0 Å². The minimum absolute atomic E-state index is 0.0168. The molecule has 0 aliphatic heterocycles. The summed E-state index contributed by atoms with van der Waals surface area (Å²) in [6.07, 6.45) is 0. The molecule has 2 aromatic heterocycles. The van der Waals surface area contributed by atoms with Crippen LogP contribution in [-0.4, -0.2) is 42.9 Å². The van der Waals surface area contributed by atoms with Gasteiger partial charge in [-0.2, -0.15) is 5.10 Å². The van der Waals surface area contributed by atoms with Crippen molar-refractivity contribution in [2.45, 2.75) is 19.0 Å². The molecule has 0 saturated heterocycles. The molecule has 33 heavy (non-hydrogen) atoms. The van der Waals surface area contributed by atoms with E-state index in [0.717, 1.165) is 11.4 Å². The zero-order chi connectivity index (χ0) is 23.2. The minimum atomic E-state index is -0.656. The second-order valence-electron chi connectivity index (χ2n) is 6.61. The molecule has 0 amide bonds. The van der Waals surface area contributed by atoms with Gasteiger partial charge in [-0.3, -0.25) is 4.57 Å². The molecule has 2 aromatic carbocycles. The second-order valence-corrected chi connectivity index (χ2v) is 7.84. The van der Waals surface area contributed by atoms with Crippen LogP contribution in [0.1, 0.15) is 24.3 Å². The number of hydrogen-bond donors (Lipinski definition) is 0. The Hall–Kier alpha value is -4.08. The molecule has 4 aromatic rings. The number of ether oxygens (including phenoxy) is 1. The van der Waals surface area contributed by atoms with Crippen LogP contribution in [-0.2, 0) is 4.74 Å². The zero-order valence-electron chi connectivity index (χ0n) is 18.0. The molecule has 0 aliphatic rings. The molecule has 0 unspecified atom stereocenters. The molecule has 0 saturated carbocycles. The summed E-state index contributed by atoms with van der Waals surface area (Å²) in [6, 6.07) is 18.6. The fraction of sp³-hybridized carbons (Fsp3) is 0.182. The molecular formula is C22H20N8O2S. The first-order valence-corrected chi connectivity index (χ1v) is 11.2. The van der Waals surface area contributed by atoms with E-state index in [2.05, 4.69) is 25.3 Å². The summed E-state index contributed by atoms with van der Waals surface area (Å²) in [5, 5.41) is 17.8. The van der Waals surface area contributed by atoms with Crippen molar-refractivity contribution in [3.05, 3.63) is 76.8 Å². The van der Waals surface area contributed by atoms with Gasteiger partial charge in [-0.15, -0.1) is 10.2 Å². The fourth-order valence-corrected chi connectivity index (χ4v) is 3.97. The highest BCUT2D eigenvalue weighted by Gasteiger charge is 2.29. The molecule has 0 bridgehead atoms. The van der Waals surface area contributed by atoms with Crippen molar-refractivity contribution in [1.82, 2.24) is 24.5 Å². The number of nitrogens with zero attached hydrogens (tertiary/aromatic N) is 8. The van der Waals surface area contributed by atoms with Gasteiger partial charge in [0.1, 0.15) is 11.4 Å². The van der Waals surface area contributed by atoms with Crippen molar-refractivity contribution in [2.75, 3.05) is 12.4 Å². The Bertz CT molecular complexity index is 1310. The lowest BCUT2D eigenvalue weighted by atomic mass is 10.2. The summed E-state index contributed by atoms with van der Waals surface area (Å²) < 4.78 is 8.50. The first-order valence-electron chi connectivity index (χ1n) is 10.2. The average molecular weight is 461 g/mol. The van der Waals surface area contributed by atoms with E-state index < -0.39 is 5.97 Å². The monoisotopic (exact) mass is 460 g/mol. The molecule has 0 radical (unpaired) electrons. The van der Waals surface area contributed by atoms with Gasteiger partial charge in [-0.1, -0.05) is 60.2 Å². The minimum Gasteiger partial charge on any atom is -0.461 e. The van der Waals surface area contributed by atoms with Gasteiger partial charge >= 0.3 is 5.97 Å². The van der Waals surface area contributed by atoms with E-state index in [4.69, 9.17) is 4.74 Å². The molecular weight excluding hydrogens is 440 g/mol. The predicted molar refractivity (Wildman–Crippen MR) is 125 cm³/mol. The Balaban J connectivity index is 2.03. The SMILES string of the molecule is CCOC(=O)c1c(N=[N+]=[N-])c(-c2nnc(SCC)n2-c2ccccc2)nn1-c1ccccc1. The Kier molecular flexibility index (Phi) is 6.72. The van der Waals surface area contributed by atoms with Crippen LogP contribution in [0.4, 0.5) is 5.69 Å². The maximum atomic E-state index is 12.9. The molecule has 0 N–H and O–H groups in total. The molecule has 2 heterocycles. The molecule has 10 nitrogen and oxygen atoms in total. The number of azide groups is 1. The average Bonchev–Trinajstić information content (AvgIpc) is 3.42. The van der Waals surface area contributed by atoms with Crippen LogP contribution in [0.3, 0.4) is 0 Å². The number of para-hydroxylation sites is 2. The lowest BCUT2D eigenvalue weighted by Gasteiger charge is -2.08. The maximum absolute atomic E-state index is 12.9. The number of thioether (sulfide) groups is 1. The van der Waals surface area contributed by atoms with Crippen LogP contribution in [0.5, 0.6) is 0 Å². The molecule has 0 spiro atoms. The van der Waals surface area contributed by atoms with E-state index in [1.54, 1.807) is 19.1 Å². The summed E-state index contributed by atoms with van der Waals surface area (Å²) in [6.45, 7) is 3.87. The summed E-state index contributed by atoms with van der Waals surface area (Å²) in [5.74, 6) is 0.469. The summed E-state index contributed by atoms with van der Waals surface area (Å²) in [4.78, 5) is 15.9. The van der Waals surface area contributed by atoms with E-state index in [-0.39, 0.29) is 23.7 Å². The fourth-order valence-electron chi connectivity index (χ4n) is 3.29. The number of aromatic nitrogens is 5. The van der Waals surface area contributed by atoms with Gasteiger partial charge in [0.05, 0.1) is 12.3 Å². The largest absolute Gasteiger partial charge is 0.461 e. The van der Waals surface area contributed by atoms with Gasteiger partial charge in [0.2, 0.25) is 0 Å². The lowest BCUT2D eigenvalue weighted by molar-refractivity contribution is 0.0517. The number of carbonyl (C=O) groups is 1. The number of carbonyl (C=O) groups excluding carboxylic acids is 1. The van der Waals surface area contributed by atoms with Crippen molar-refractivity contribution < 1.29 is 9.53 Å². The van der Waals surface area contributed by atoms with Crippen LogP contribution in [0.15, 0.2) is 70.9 Å². The van der Waals surface area contributed by atoms with Crippen molar-refractivity contribution >= 4 is 23.4 Å². The first kappa shape index (κ1) is 22.1. The van der Waals surface area contributed by atoms with Gasteiger partial charge in [-0.05, 0) is 42.5 Å². The van der Waals surface area contributed by atoms with Gasteiger partial charge in [-0.25, -0.2) is 9.48 Å². The highest BCUT2D eigenvalue weighted by Crippen LogP contribution is 2.37. The van der Waals surface area contributed by atoms with Crippen LogP contribution in [0.2, 0.25) is 0 Å². The van der Waals surface area contributed by atoms with Gasteiger partial charge in [0.15, 0.2) is 16.7 Å². The third kappa shape index (κ3) is 4.32. The normalized spacial score (nSPS) is 10.6. The highest BCUT2D eigenvalue weighted by molar-refractivity contribution is 7.99. The first-order chi connectivity index (χ1) is 16.2. The molecule has 4 rings (SSSR count). The number of benzene rings is 2. The Morgan fingerprint density at radius 1 is 1.06 bits per heavy atom. The smallest absolute Gasteiger partial charge is 0.357 e. The molecule has 11 heteroatoms. The maximum Gasteiger partial charge on any atom is 0.357 e. The quantitative estimate of drug-likeness (QED) is 0.115. The van der Waals surface area contributed by atoms with Gasteiger partial charge < -0.3 is 4.74 Å². The number of rotatable bonds is 8. The standard InChI is InChI=1S/C22H20N8O2S/c1-3-32-21(31)19-17(24-28-23)18(27-30(19)16-13-9-6-10-14-16)20-25-26-22(33-4-2)29(20)15-11-7-5-8-12-15/h5-14H,3-4H2,1-2H3. The van der Waals surface area contributed by atoms with E-state index >= 15 is 0 Å². The lowest BCUT2D eigenvalue weighted by Crippen LogP contribution is -2.12. The summed E-state index contributed by atoms with van der Waals surface area (Å²) >= 11 is 1.51. The van der Waals surface area contributed by atoms with Crippen molar-refractivity contribution in [2.24, 2.45) is 5.11 Å². The molecule has 0 fully saturated rings. The van der Waals surface area contributed by atoms with Crippen LogP contribution >= 0.6 is 11.8 Å². The topological polar surface area (TPSA) is 124 Å². The predicted octanol–water partition coefficient (Wildman–Crippen LogP) is 5.35. The van der Waals surface area contributed by atoms with E-state index in [1.165, 1.54) is 16.4 Å². The molecule has 0 aliphatic carbocycles. The van der Waals surface area contributed by atoms with Crippen LogP contribution < -0.4 is 0 Å². The Labute approximate surface area is 193 Å². The third-order valence-electron chi connectivity index (χ3n) is 4.61. The Morgan fingerprint density at radius 3 is 2.33 bits per heavy atom. The third-order valence-corrected chi connectivity index (χ3v) is 5.42. The Morgan fingerprint density at radius 2 is 1.73 bits per heavy atom. The number of esters is 1. The number of hydrogen-bond acceptors (Lipinski definition) is 7. The van der Waals surface area contributed by atoms with Gasteiger partial charge in [0.25, 0.3) is 0 Å². The molecule has 0 atom stereocenters. The van der Waals surface area contributed by atoms with E-state index in [1.807, 2.05) is 60.0 Å². The van der Waals surface area contributed by atoms with E-state index in [9.17, 15) is 10.3 Å². The summed E-state index contributed by atoms with van der Waals surface area (Å²) in [5.41, 5.74) is 11.0.